The Balaban J connectivity index is 1.47. The molecule has 2 aromatic rings. The molecule has 8 heteroatoms. The largest absolute Gasteiger partial charge is 0.493 e. The Kier molecular flexibility index (Phi) is 9.93. The predicted octanol–water partition coefficient (Wildman–Crippen LogP) is 4.99. The molecule has 0 radical (unpaired) electrons. The van der Waals surface area contributed by atoms with E-state index in [-0.39, 0.29) is 13.2 Å². The lowest BCUT2D eigenvalue weighted by Crippen LogP contribution is -2.39. The number of epoxide rings is 1. The first kappa shape index (κ1) is 27.1. The van der Waals surface area contributed by atoms with Gasteiger partial charge in [0, 0.05) is 11.1 Å². The highest BCUT2D eigenvalue weighted by atomic mass is 16.8. The summed E-state index contributed by atoms with van der Waals surface area (Å²) >= 11 is 0. The van der Waals surface area contributed by atoms with Crippen molar-refractivity contribution < 1.29 is 38.0 Å². The first-order valence-electron chi connectivity index (χ1n) is 13.2. The number of unbranched alkanes of at least 4 members (excludes halogenated alkanes) is 3. The van der Waals surface area contributed by atoms with Gasteiger partial charge in [0.2, 0.25) is 0 Å². The van der Waals surface area contributed by atoms with Gasteiger partial charge in [-0.3, -0.25) is 0 Å². The summed E-state index contributed by atoms with van der Waals surface area (Å²) in [6, 6.07) is 15.6. The molecular weight excluding hydrogens is 476 g/mol. The van der Waals surface area contributed by atoms with E-state index in [0.717, 1.165) is 43.4 Å². The Bertz CT molecular complexity index is 994. The molecule has 3 atom stereocenters. The van der Waals surface area contributed by atoms with Gasteiger partial charge in [0.1, 0.15) is 5.75 Å². The Labute approximate surface area is 218 Å². The van der Waals surface area contributed by atoms with Gasteiger partial charge in [0.25, 0.3) is 0 Å². The van der Waals surface area contributed by atoms with E-state index in [1.807, 2.05) is 48.5 Å². The van der Waals surface area contributed by atoms with E-state index in [1.165, 1.54) is 6.42 Å². The fourth-order valence-corrected chi connectivity index (χ4v) is 4.31. The van der Waals surface area contributed by atoms with Crippen molar-refractivity contribution in [3.8, 4) is 16.9 Å². The quantitative estimate of drug-likeness (QED) is 0.199. The van der Waals surface area contributed by atoms with Crippen molar-refractivity contribution in [2.24, 2.45) is 0 Å². The molecule has 2 heterocycles. The summed E-state index contributed by atoms with van der Waals surface area (Å²) in [5.41, 5.74) is 2.60. The van der Waals surface area contributed by atoms with Crippen LogP contribution in [0.5, 0.6) is 5.75 Å². The highest BCUT2D eigenvalue weighted by Crippen LogP contribution is 2.38. The van der Waals surface area contributed by atoms with Crippen LogP contribution in [0.4, 0.5) is 0 Å². The summed E-state index contributed by atoms with van der Waals surface area (Å²) in [4.78, 5) is 24.9. The first-order valence-corrected chi connectivity index (χ1v) is 13.2. The molecule has 0 aliphatic carbocycles. The maximum absolute atomic E-state index is 12.5. The monoisotopic (exact) mass is 512 g/mol. The van der Waals surface area contributed by atoms with Crippen molar-refractivity contribution in [3.05, 3.63) is 54.1 Å². The van der Waals surface area contributed by atoms with E-state index < -0.39 is 30.4 Å². The van der Waals surface area contributed by atoms with E-state index in [2.05, 4.69) is 0 Å². The fraction of sp³-hybridized carbons (Fsp3) is 0.517. The second-order valence-corrected chi connectivity index (χ2v) is 9.08. The van der Waals surface area contributed by atoms with Gasteiger partial charge in [-0.1, -0.05) is 61.7 Å². The van der Waals surface area contributed by atoms with Gasteiger partial charge in [-0.25, -0.2) is 9.59 Å². The molecule has 2 aromatic carbocycles. The van der Waals surface area contributed by atoms with Crippen LogP contribution in [0.25, 0.3) is 11.1 Å². The summed E-state index contributed by atoms with van der Waals surface area (Å²) < 4.78 is 33.4. The third-order valence-electron chi connectivity index (χ3n) is 6.30. The molecule has 0 amide bonds. The zero-order chi connectivity index (χ0) is 26.0. The number of ether oxygens (including phenoxy) is 6. The maximum Gasteiger partial charge on any atom is 0.338 e. The average Bonchev–Trinajstić information content (AvgIpc) is 3.63. The second-order valence-electron chi connectivity index (χ2n) is 9.08. The van der Waals surface area contributed by atoms with Crippen molar-refractivity contribution in [1.82, 2.24) is 0 Å². The second kappa shape index (κ2) is 13.6. The number of rotatable bonds is 14. The predicted molar refractivity (Wildman–Crippen MR) is 136 cm³/mol. The summed E-state index contributed by atoms with van der Waals surface area (Å²) in [6.45, 7) is 5.20. The van der Waals surface area contributed by atoms with Crippen molar-refractivity contribution in [2.75, 3.05) is 26.4 Å². The van der Waals surface area contributed by atoms with Crippen LogP contribution >= 0.6 is 0 Å². The minimum atomic E-state index is -1.21. The molecule has 0 N–H and O–H groups in total. The molecule has 2 fully saturated rings. The lowest BCUT2D eigenvalue weighted by molar-refractivity contribution is -0.163. The van der Waals surface area contributed by atoms with Crippen LogP contribution in [0.2, 0.25) is 0 Å². The molecule has 0 unspecified atom stereocenters. The number of esters is 2. The van der Waals surface area contributed by atoms with Crippen LogP contribution in [0.15, 0.2) is 48.5 Å². The number of hydrogen-bond acceptors (Lipinski definition) is 8. The van der Waals surface area contributed by atoms with Crippen molar-refractivity contribution in [2.45, 2.75) is 70.6 Å². The molecule has 37 heavy (non-hydrogen) atoms. The molecule has 2 aliphatic heterocycles. The summed E-state index contributed by atoms with van der Waals surface area (Å²) in [6.07, 6.45) is 2.63. The minimum Gasteiger partial charge on any atom is -0.493 e. The third-order valence-corrected chi connectivity index (χ3v) is 6.30. The van der Waals surface area contributed by atoms with Crippen molar-refractivity contribution in [1.29, 1.82) is 0 Å². The Morgan fingerprint density at radius 2 is 1.51 bits per heavy atom. The van der Waals surface area contributed by atoms with Gasteiger partial charge in [-0.2, -0.15) is 0 Å². The Morgan fingerprint density at radius 3 is 2.14 bits per heavy atom. The molecule has 4 rings (SSSR count). The summed E-state index contributed by atoms with van der Waals surface area (Å²) in [5, 5.41) is 0. The fourth-order valence-electron chi connectivity index (χ4n) is 4.31. The van der Waals surface area contributed by atoms with Crippen LogP contribution in [0, 0.1) is 0 Å². The third kappa shape index (κ3) is 7.53. The average molecular weight is 513 g/mol. The molecule has 2 aliphatic rings. The number of hydrogen-bond donors (Lipinski definition) is 0. The highest BCUT2D eigenvalue weighted by Gasteiger charge is 2.47. The molecule has 200 valence electrons. The van der Waals surface area contributed by atoms with Crippen molar-refractivity contribution >= 4 is 11.9 Å². The smallest absolute Gasteiger partial charge is 0.338 e. The van der Waals surface area contributed by atoms with E-state index in [9.17, 15) is 9.59 Å². The number of benzene rings is 2. The van der Waals surface area contributed by atoms with Crippen LogP contribution in [0.3, 0.4) is 0 Å². The van der Waals surface area contributed by atoms with Crippen LogP contribution in [-0.2, 0) is 33.3 Å². The molecular formula is C29H36O8. The molecule has 0 spiro atoms. The SMILES string of the molecule is CCOC(=O)[C@@H]1OC(c2ccc(-c3ccccc3)c(OCCCCCC[C@@H]3CO3)c2)O[C@H]1C(=O)OCC. The molecule has 0 bridgehead atoms. The number of carbonyl (C=O) groups excluding carboxylic acids is 2. The molecule has 0 aromatic heterocycles. The standard InChI is InChI=1S/C29H36O8/c1-3-32-27(30)25-26(28(31)33-4-2)37-29(36-25)21-15-16-23(20-12-8-7-9-13-20)24(18-21)34-17-11-6-5-10-14-22-19-35-22/h7-9,12-13,15-16,18,22,25-26,29H,3-6,10-11,14,17,19H2,1-2H3/t22-,25-,26-/m1/s1. The molecule has 2 saturated heterocycles. The van der Waals surface area contributed by atoms with Crippen molar-refractivity contribution in [3.63, 3.8) is 0 Å². The lowest BCUT2D eigenvalue weighted by Gasteiger charge is -2.16. The summed E-state index contributed by atoms with van der Waals surface area (Å²) in [5.74, 6) is -0.628. The number of carbonyl (C=O) groups is 2. The van der Waals surface area contributed by atoms with Gasteiger partial charge in [-0.15, -0.1) is 0 Å². The topological polar surface area (TPSA) is 92.8 Å². The summed E-state index contributed by atoms with van der Waals surface area (Å²) in [7, 11) is 0. The van der Waals surface area contributed by atoms with Gasteiger partial charge in [0.05, 0.1) is 32.5 Å². The minimum absolute atomic E-state index is 0.164. The van der Waals surface area contributed by atoms with Gasteiger partial charge in [0.15, 0.2) is 18.5 Å². The van der Waals surface area contributed by atoms with Gasteiger partial charge >= 0.3 is 11.9 Å². The zero-order valence-electron chi connectivity index (χ0n) is 21.6. The van der Waals surface area contributed by atoms with Crippen LogP contribution < -0.4 is 4.74 Å². The Morgan fingerprint density at radius 1 is 0.865 bits per heavy atom. The van der Waals surface area contributed by atoms with E-state index >= 15 is 0 Å². The van der Waals surface area contributed by atoms with Crippen LogP contribution in [0.1, 0.15) is 57.8 Å². The van der Waals surface area contributed by atoms with Crippen LogP contribution in [-0.4, -0.2) is 56.7 Å². The normalized spacial score (nSPS) is 21.0. The molecule has 8 nitrogen and oxygen atoms in total. The Hall–Kier alpha value is -2.94. The highest BCUT2D eigenvalue weighted by molar-refractivity contribution is 5.86. The van der Waals surface area contributed by atoms with Gasteiger partial charge in [-0.05, 0) is 38.3 Å². The van der Waals surface area contributed by atoms with Gasteiger partial charge < -0.3 is 28.4 Å². The lowest BCUT2D eigenvalue weighted by atomic mass is 10.0. The first-order chi connectivity index (χ1) is 18.1. The zero-order valence-corrected chi connectivity index (χ0v) is 21.6. The molecule has 0 saturated carbocycles. The van der Waals surface area contributed by atoms with E-state index in [0.29, 0.717) is 24.0 Å². The maximum atomic E-state index is 12.5. The van der Waals surface area contributed by atoms with E-state index in [4.69, 9.17) is 28.4 Å². The van der Waals surface area contributed by atoms with E-state index in [1.54, 1.807) is 13.8 Å².